The molecule has 3 aliphatic rings. The third-order valence-corrected chi connectivity index (χ3v) is 6.51. The highest BCUT2D eigenvalue weighted by Crippen LogP contribution is 2.45. The van der Waals surface area contributed by atoms with Crippen LogP contribution in [-0.2, 0) is 11.3 Å². The summed E-state index contributed by atoms with van der Waals surface area (Å²) < 4.78 is 34.3. The van der Waals surface area contributed by atoms with Crippen LogP contribution in [0.3, 0.4) is 0 Å². The topological polar surface area (TPSA) is 75.7 Å². The molecule has 0 radical (unpaired) electrons. The van der Waals surface area contributed by atoms with Crippen LogP contribution in [0, 0.1) is 6.92 Å². The minimum absolute atomic E-state index is 0.172. The second-order valence-electron chi connectivity index (χ2n) is 8.65. The zero-order chi connectivity index (χ0) is 23.8. The van der Waals surface area contributed by atoms with Crippen LogP contribution in [0.15, 0.2) is 24.0 Å². The maximum atomic E-state index is 13.3. The normalized spacial score (nSPS) is 20.5. The quantitative estimate of drug-likeness (QED) is 0.591. The van der Waals surface area contributed by atoms with Gasteiger partial charge >= 0.3 is 0 Å². The highest BCUT2D eigenvalue weighted by atomic mass is 16.5. The summed E-state index contributed by atoms with van der Waals surface area (Å²) in [5.41, 5.74) is 3.02. The van der Waals surface area contributed by atoms with Gasteiger partial charge in [0.05, 0.1) is 33.0 Å². The Balaban J connectivity index is 1.44. The largest absolute Gasteiger partial charge is 0.493 e. The molecule has 8 heteroatoms. The van der Waals surface area contributed by atoms with Crippen molar-refractivity contribution in [2.75, 3.05) is 41.2 Å². The van der Waals surface area contributed by atoms with Gasteiger partial charge in [-0.1, -0.05) is 0 Å². The van der Waals surface area contributed by atoms with E-state index in [9.17, 15) is 4.79 Å². The molecule has 1 atom stereocenters. The van der Waals surface area contributed by atoms with Crippen molar-refractivity contribution in [1.82, 2.24) is 4.90 Å². The molecule has 3 aliphatic heterocycles. The molecule has 0 aliphatic carbocycles. The van der Waals surface area contributed by atoms with Gasteiger partial charge in [-0.25, -0.2) is 0 Å². The van der Waals surface area contributed by atoms with E-state index in [1.807, 2.05) is 13.0 Å². The van der Waals surface area contributed by atoms with E-state index < -0.39 is 0 Å². The lowest BCUT2D eigenvalue weighted by Gasteiger charge is -2.31. The number of Topliss-reactive ketones (excluding diaryl/α,β-unsaturated/α-hetero) is 1. The highest BCUT2D eigenvalue weighted by molar-refractivity contribution is 6.15. The van der Waals surface area contributed by atoms with Gasteiger partial charge in [0.25, 0.3) is 0 Å². The smallest absolute Gasteiger partial charge is 0.231 e. The fraction of sp³-hybridized carbons (Fsp3) is 0.423. The van der Waals surface area contributed by atoms with E-state index in [0.29, 0.717) is 47.4 Å². The second-order valence-corrected chi connectivity index (χ2v) is 8.65. The summed E-state index contributed by atoms with van der Waals surface area (Å²) in [5, 5.41) is 0. The molecule has 180 valence electrons. The van der Waals surface area contributed by atoms with E-state index in [0.717, 1.165) is 42.9 Å². The molecule has 1 unspecified atom stereocenters. The van der Waals surface area contributed by atoms with E-state index in [1.165, 1.54) is 0 Å². The Morgan fingerprint density at radius 1 is 1.12 bits per heavy atom. The Hall–Kier alpha value is -3.23. The van der Waals surface area contributed by atoms with Gasteiger partial charge < -0.3 is 28.4 Å². The monoisotopic (exact) mass is 467 g/mol. The number of rotatable bonds is 6. The van der Waals surface area contributed by atoms with E-state index in [-0.39, 0.29) is 17.6 Å². The van der Waals surface area contributed by atoms with Gasteiger partial charge in [0, 0.05) is 36.4 Å². The standard InChI is InChI=1S/C26H29NO7/c1-15-23-17(12-27(14-33-23)13-18-6-5-9-32-18)10-19-22(28)21(34-24(15)19)11-16-7-8-20(29-2)26(31-4)25(16)30-3/h7-8,10-11,18H,5-6,9,12-14H2,1-4H3/b21-11-. The molecule has 0 saturated carbocycles. The van der Waals surface area contributed by atoms with Crippen molar-refractivity contribution in [1.29, 1.82) is 0 Å². The van der Waals surface area contributed by atoms with Crippen LogP contribution in [0.25, 0.3) is 6.08 Å². The maximum Gasteiger partial charge on any atom is 0.231 e. The highest BCUT2D eigenvalue weighted by Gasteiger charge is 2.34. The molecule has 5 rings (SSSR count). The number of carbonyl (C=O) groups excluding carboxylic acids is 1. The minimum Gasteiger partial charge on any atom is -0.493 e. The van der Waals surface area contributed by atoms with Gasteiger partial charge in [0.2, 0.25) is 11.5 Å². The summed E-state index contributed by atoms with van der Waals surface area (Å²) in [6.07, 6.45) is 4.10. The van der Waals surface area contributed by atoms with Crippen molar-refractivity contribution in [3.63, 3.8) is 0 Å². The molecule has 2 aromatic carbocycles. The molecule has 0 amide bonds. The molecular weight excluding hydrogens is 438 g/mol. The number of nitrogens with zero attached hydrogens (tertiary/aromatic N) is 1. The average Bonchev–Trinajstić information content (AvgIpc) is 3.47. The van der Waals surface area contributed by atoms with Crippen LogP contribution in [0.1, 0.15) is 39.9 Å². The fourth-order valence-electron chi connectivity index (χ4n) is 4.87. The van der Waals surface area contributed by atoms with Crippen LogP contribution in [0.2, 0.25) is 0 Å². The predicted molar refractivity (Wildman–Crippen MR) is 125 cm³/mol. The Kier molecular flexibility index (Phi) is 6.10. The molecule has 1 saturated heterocycles. The maximum absolute atomic E-state index is 13.3. The Labute approximate surface area is 198 Å². The summed E-state index contributed by atoms with van der Waals surface area (Å²) >= 11 is 0. The van der Waals surface area contributed by atoms with Crippen LogP contribution in [0.5, 0.6) is 28.7 Å². The lowest BCUT2D eigenvalue weighted by atomic mass is 9.99. The van der Waals surface area contributed by atoms with Crippen molar-refractivity contribution >= 4 is 11.9 Å². The van der Waals surface area contributed by atoms with Gasteiger partial charge in [0.1, 0.15) is 18.2 Å². The molecule has 0 spiro atoms. The fourth-order valence-corrected chi connectivity index (χ4v) is 4.87. The van der Waals surface area contributed by atoms with Gasteiger partial charge in [0.15, 0.2) is 17.3 Å². The summed E-state index contributed by atoms with van der Waals surface area (Å²) in [5.74, 6) is 2.84. The van der Waals surface area contributed by atoms with Crippen LogP contribution < -0.4 is 23.7 Å². The zero-order valence-corrected chi connectivity index (χ0v) is 19.9. The molecule has 3 heterocycles. The molecule has 0 aromatic heterocycles. The molecule has 8 nitrogen and oxygen atoms in total. The van der Waals surface area contributed by atoms with Gasteiger partial charge in [-0.2, -0.15) is 0 Å². The molecular formula is C26H29NO7. The number of hydrogen-bond acceptors (Lipinski definition) is 8. The summed E-state index contributed by atoms with van der Waals surface area (Å²) in [7, 11) is 4.65. The number of allylic oxidation sites excluding steroid dienone is 1. The first-order valence-corrected chi connectivity index (χ1v) is 11.4. The Morgan fingerprint density at radius 3 is 2.65 bits per heavy atom. The van der Waals surface area contributed by atoms with Crippen molar-refractivity contribution in [2.24, 2.45) is 0 Å². The van der Waals surface area contributed by atoms with E-state index in [4.69, 9.17) is 28.4 Å². The summed E-state index contributed by atoms with van der Waals surface area (Å²) in [4.78, 5) is 15.5. The van der Waals surface area contributed by atoms with Crippen LogP contribution in [0.4, 0.5) is 0 Å². The second kappa shape index (κ2) is 9.19. The van der Waals surface area contributed by atoms with E-state index in [2.05, 4.69) is 4.90 Å². The average molecular weight is 468 g/mol. The molecule has 34 heavy (non-hydrogen) atoms. The summed E-state index contributed by atoms with van der Waals surface area (Å²) in [6, 6.07) is 5.46. The van der Waals surface area contributed by atoms with E-state index >= 15 is 0 Å². The predicted octanol–water partition coefficient (Wildman–Crippen LogP) is 3.97. The third-order valence-electron chi connectivity index (χ3n) is 6.51. The minimum atomic E-state index is -0.172. The molecule has 0 bridgehead atoms. The number of ketones is 1. The Bertz CT molecular complexity index is 1150. The number of hydrogen-bond donors (Lipinski definition) is 0. The van der Waals surface area contributed by atoms with E-state index in [1.54, 1.807) is 39.5 Å². The SMILES string of the molecule is COc1ccc(/C=C2\Oc3c(cc4c(c3C)OCN(CC3CCCO3)C4)C2=O)c(OC)c1OC. The number of methoxy groups -OCH3 is 3. The third kappa shape index (κ3) is 3.86. The first kappa shape index (κ1) is 22.6. The first-order valence-electron chi connectivity index (χ1n) is 11.4. The zero-order valence-electron chi connectivity index (χ0n) is 19.9. The molecule has 0 N–H and O–H groups in total. The number of carbonyl (C=O) groups is 1. The van der Waals surface area contributed by atoms with Crippen molar-refractivity contribution < 1.29 is 33.2 Å². The lowest BCUT2D eigenvalue weighted by Crippen LogP contribution is -2.37. The van der Waals surface area contributed by atoms with Gasteiger partial charge in [-0.3, -0.25) is 9.69 Å². The number of benzene rings is 2. The van der Waals surface area contributed by atoms with Gasteiger partial charge in [-0.15, -0.1) is 0 Å². The summed E-state index contributed by atoms with van der Waals surface area (Å²) in [6.45, 7) is 4.78. The molecule has 1 fully saturated rings. The lowest BCUT2D eigenvalue weighted by molar-refractivity contribution is 0.0276. The Morgan fingerprint density at radius 2 is 1.94 bits per heavy atom. The van der Waals surface area contributed by atoms with Crippen molar-refractivity contribution in [3.8, 4) is 28.7 Å². The number of fused-ring (bicyclic) bond motifs is 2. The van der Waals surface area contributed by atoms with Crippen molar-refractivity contribution in [3.05, 3.63) is 46.2 Å². The first-order chi connectivity index (χ1) is 16.5. The molecule has 2 aromatic rings. The van der Waals surface area contributed by atoms with Gasteiger partial charge in [-0.05, 0) is 44.0 Å². The number of ether oxygens (including phenoxy) is 6. The van der Waals surface area contributed by atoms with Crippen molar-refractivity contribution in [2.45, 2.75) is 32.4 Å². The van der Waals surface area contributed by atoms with Crippen LogP contribution in [-0.4, -0.2) is 58.0 Å². The van der Waals surface area contributed by atoms with Crippen LogP contribution >= 0.6 is 0 Å².